The second-order valence-electron chi connectivity index (χ2n) is 2.31. The van der Waals surface area contributed by atoms with Crippen molar-refractivity contribution in [3.8, 4) is 11.8 Å². The van der Waals surface area contributed by atoms with Crippen molar-refractivity contribution >= 4 is 0 Å². The molecule has 2 heteroatoms. The number of aliphatic hydroxyl groups is 2. The Balaban J connectivity index is 2.24. The lowest BCUT2D eigenvalue weighted by molar-refractivity contribution is 0.212. The van der Waals surface area contributed by atoms with Gasteiger partial charge in [0.1, 0.15) is 5.60 Å². The summed E-state index contributed by atoms with van der Waals surface area (Å²) in [4.78, 5) is 0. The Morgan fingerprint density at radius 2 is 2.11 bits per heavy atom. The topological polar surface area (TPSA) is 40.5 Å². The summed E-state index contributed by atoms with van der Waals surface area (Å²) in [5.41, 5.74) is -0.671. The van der Waals surface area contributed by atoms with Gasteiger partial charge in [0.05, 0.1) is 6.61 Å². The van der Waals surface area contributed by atoms with Crippen LogP contribution in [0.15, 0.2) is 0 Å². The van der Waals surface area contributed by atoms with E-state index in [1.807, 2.05) is 0 Å². The van der Waals surface area contributed by atoms with E-state index >= 15 is 0 Å². The van der Waals surface area contributed by atoms with Crippen LogP contribution in [-0.2, 0) is 0 Å². The van der Waals surface area contributed by atoms with Gasteiger partial charge >= 0.3 is 0 Å². The van der Waals surface area contributed by atoms with Crippen molar-refractivity contribution in [1.29, 1.82) is 0 Å². The molecule has 9 heavy (non-hydrogen) atoms. The molecule has 1 rings (SSSR count). The molecule has 0 bridgehead atoms. The summed E-state index contributed by atoms with van der Waals surface area (Å²) in [5.74, 6) is 5.37. The molecule has 0 radical (unpaired) electrons. The van der Waals surface area contributed by atoms with E-state index < -0.39 is 5.60 Å². The van der Waals surface area contributed by atoms with Gasteiger partial charge in [-0.1, -0.05) is 11.8 Å². The molecule has 0 saturated heterocycles. The third kappa shape index (κ3) is 2.05. The fraction of sp³-hybridized carbons (Fsp3) is 0.714. The lowest BCUT2D eigenvalue weighted by Crippen LogP contribution is -2.00. The molecular weight excluding hydrogens is 116 g/mol. The number of rotatable bonds is 1. The van der Waals surface area contributed by atoms with E-state index in [2.05, 4.69) is 11.8 Å². The zero-order valence-electron chi connectivity index (χ0n) is 5.22. The van der Waals surface area contributed by atoms with Gasteiger partial charge in [0.2, 0.25) is 0 Å². The van der Waals surface area contributed by atoms with E-state index in [1.54, 1.807) is 0 Å². The largest absolute Gasteiger partial charge is 0.395 e. The highest BCUT2D eigenvalue weighted by atomic mass is 16.3. The Bertz CT molecular complexity index is 148. The summed E-state index contributed by atoms with van der Waals surface area (Å²) in [6, 6.07) is 0. The van der Waals surface area contributed by atoms with E-state index in [4.69, 9.17) is 10.2 Å². The minimum absolute atomic E-state index is 0.0864. The first-order valence-electron chi connectivity index (χ1n) is 3.10. The monoisotopic (exact) mass is 126 g/mol. The summed E-state index contributed by atoms with van der Waals surface area (Å²) in [5, 5.41) is 17.4. The highest BCUT2D eigenvalue weighted by molar-refractivity contribution is 5.21. The molecule has 1 aliphatic carbocycles. The van der Waals surface area contributed by atoms with E-state index in [9.17, 15) is 0 Å². The second-order valence-corrected chi connectivity index (χ2v) is 2.31. The molecule has 2 nitrogen and oxygen atoms in total. The maximum absolute atomic E-state index is 9.10. The van der Waals surface area contributed by atoms with Gasteiger partial charge in [-0.05, 0) is 12.8 Å². The quantitative estimate of drug-likeness (QED) is 0.481. The zero-order chi connectivity index (χ0) is 6.74. The van der Waals surface area contributed by atoms with Crippen molar-refractivity contribution in [3.05, 3.63) is 0 Å². The predicted molar refractivity (Wildman–Crippen MR) is 33.7 cm³/mol. The minimum Gasteiger partial charge on any atom is -0.395 e. The standard InChI is InChI=1S/C7H10O2/c8-6-2-1-3-7(9)4-5-7/h8-9H,2,4-6H2. The van der Waals surface area contributed by atoms with Gasteiger partial charge in [-0.15, -0.1) is 0 Å². The van der Waals surface area contributed by atoms with Crippen LogP contribution in [-0.4, -0.2) is 22.4 Å². The van der Waals surface area contributed by atoms with E-state index in [-0.39, 0.29) is 6.61 Å². The molecule has 0 amide bonds. The Hall–Kier alpha value is -0.520. The molecule has 50 valence electrons. The summed E-state index contributed by atoms with van der Waals surface area (Å²) in [6.45, 7) is 0.0864. The van der Waals surface area contributed by atoms with Crippen LogP contribution in [0.4, 0.5) is 0 Å². The molecule has 1 saturated carbocycles. The zero-order valence-corrected chi connectivity index (χ0v) is 5.22. The van der Waals surface area contributed by atoms with Crippen LogP contribution < -0.4 is 0 Å². The third-order valence-electron chi connectivity index (χ3n) is 1.28. The lowest BCUT2D eigenvalue weighted by Gasteiger charge is -1.90. The average Bonchev–Trinajstić information content (AvgIpc) is 2.50. The smallest absolute Gasteiger partial charge is 0.125 e. The molecule has 0 aromatic heterocycles. The Labute approximate surface area is 54.5 Å². The van der Waals surface area contributed by atoms with Crippen LogP contribution >= 0.6 is 0 Å². The van der Waals surface area contributed by atoms with Crippen LogP contribution in [0.2, 0.25) is 0 Å². The van der Waals surface area contributed by atoms with Crippen LogP contribution in [0.5, 0.6) is 0 Å². The molecule has 0 aromatic rings. The van der Waals surface area contributed by atoms with E-state index in [0.29, 0.717) is 6.42 Å². The van der Waals surface area contributed by atoms with Crippen molar-refractivity contribution < 1.29 is 10.2 Å². The third-order valence-corrected chi connectivity index (χ3v) is 1.28. The molecule has 0 heterocycles. The van der Waals surface area contributed by atoms with Crippen LogP contribution in [0.25, 0.3) is 0 Å². The van der Waals surface area contributed by atoms with Crippen molar-refractivity contribution in [2.24, 2.45) is 0 Å². The molecule has 0 aromatic carbocycles. The van der Waals surface area contributed by atoms with Crippen LogP contribution in [0.3, 0.4) is 0 Å². The first-order valence-corrected chi connectivity index (χ1v) is 3.10. The number of aliphatic hydroxyl groups excluding tert-OH is 1. The Morgan fingerprint density at radius 1 is 1.44 bits per heavy atom. The fourth-order valence-electron chi connectivity index (χ4n) is 0.526. The van der Waals surface area contributed by atoms with Gasteiger partial charge in [-0.3, -0.25) is 0 Å². The summed E-state index contributed by atoms with van der Waals surface area (Å²) in [7, 11) is 0. The van der Waals surface area contributed by atoms with Crippen LogP contribution in [0, 0.1) is 11.8 Å². The molecule has 0 aliphatic heterocycles. The van der Waals surface area contributed by atoms with Gasteiger partial charge in [0.15, 0.2) is 0 Å². The van der Waals surface area contributed by atoms with E-state index in [0.717, 1.165) is 12.8 Å². The predicted octanol–water partition coefficient (Wildman–Crippen LogP) is -0.103. The molecule has 0 atom stereocenters. The normalized spacial score (nSPS) is 20.2. The van der Waals surface area contributed by atoms with Gasteiger partial charge in [0.25, 0.3) is 0 Å². The first-order chi connectivity index (χ1) is 4.27. The summed E-state index contributed by atoms with van der Waals surface area (Å²) < 4.78 is 0. The van der Waals surface area contributed by atoms with Crippen LogP contribution in [0.1, 0.15) is 19.3 Å². The summed E-state index contributed by atoms with van der Waals surface area (Å²) >= 11 is 0. The van der Waals surface area contributed by atoms with Gasteiger partial charge < -0.3 is 10.2 Å². The SMILES string of the molecule is OCCC#CC1(O)CC1. The summed E-state index contributed by atoms with van der Waals surface area (Å²) in [6.07, 6.45) is 2.07. The van der Waals surface area contributed by atoms with E-state index in [1.165, 1.54) is 0 Å². The molecule has 1 aliphatic rings. The lowest BCUT2D eigenvalue weighted by atomic mass is 10.3. The minimum atomic E-state index is -0.671. The highest BCUT2D eigenvalue weighted by Gasteiger charge is 2.38. The Kier molecular flexibility index (Phi) is 1.75. The van der Waals surface area contributed by atoms with Crippen molar-refractivity contribution in [2.45, 2.75) is 24.9 Å². The molecular formula is C7H10O2. The van der Waals surface area contributed by atoms with Gasteiger partial charge in [-0.2, -0.15) is 0 Å². The maximum Gasteiger partial charge on any atom is 0.125 e. The van der Waals surface area contributed by atoms with Crippen molar-refractivity contribution in [1.82, 2.24) is 0 Å². The molecule has 1 fully saturated rings. The maximum atomic E-state index is 9.10. The van der Waals surface area contributed by atoms with Gasteiger partial charge in [-0.25, -0.2) is 0 Å². The van der Waals surface area contributed by atoms with Gasteiger partial charge in [0, 0.05) is 6.42 Å². The molecule has 0 spiro atoms. The second kappa shape index (κ2) is 2.38. The molecule has 2 N–H and O–H groups in total. The first kappa shape index (κ1) is 6.60. The molecule has 0 unspecified atom stereocenters. The highest BCUT2D eigenvalue weighted by Crippen LogP contribution is 2.33. The number of hydrogen-bond acceptors (Lipinski definition) is 2. The van der Waals surface area contributed by atoms with Crippen molar-refractivity contribution in [3.63, 3.8) is 0 Å². The fourth-order valence-corrected chi connectivity index (χ4v) is 0.526. The average molecular weight is 126 g/mol. The Morgan fingerprint density at radius 3 is 2.56 bits per heavy atom. The van der Waals surface area contributed by atoms with Crippen molar-refractivity contribution in [2.75, 3.05) is 6.61 Å². The number of hydrogen-bond donors (Lipinski definition) is 2.